The van der Waals surface area contributed by atoms with Crippen LogP contribution in [-0.4, -0.2) is 43.0 Å². The maximum atomic E-state index is 9.01. The molecule has 0 saturated heterocycles. The number of methoxy groups -OCH3 is 2. The van der Waals surface area contributed by atoms with Gasteiger partial charge in [-0.15, -0.1) is 0 Å². The summed E-state index contributed by atoms with van der Waals surface area (Å²) in [5.74, 6) is -1.31. The van der Waals surface area contributed by atoms with Gasteiger partial charge in [0.15, 0.2) is 0 Å². The number of hydrogen-bond acceptors (Lipinski definition) is 6. The van der Waals surface area contributed by atoms with Gasteiger partial charge in [-0.3, -0.25) is 0 Å². The van der Waals surface area contributed by atoms with Gasteiger partial charge in [0, 0.05) is 19.4 Å². The third-order valence-corrected chi connectivity index (χ3v) is 1.66. The Morgan fingerprint density at radius 1 is 1.54 bits per heavy atom. The minimum atomic E-state index is -1.77. The monoisotopic (exact) mass is 186 g/mol. The normalized spacial score (nSPS) is 26.3. The SMILES string of the molecule is COC1=NC(OC)(B(O)O)NC=C1. The van der Waals surface area contributed by atoms with Crippen molar-refractivity contribution in [3.05, 3.63) is 12.3 Å². The van der Waals surface area contributed by atoms with Gasteiger partial charge in [-0.2, -0.15) is 4.99 Å². The number of ether oxygens (including phenoxy) is 2. The van der Waals surface area contributed by atoms with Gasteiger partial charge in [0.1, 0.15) is 0 Å². The van der Waals surface area contributed by atoms with E-state index >= 15 is 0 Å². The summed E-state index contributed by atoms with van der Waals surface area (Å²) >= 11 is 0. The highest BCUT2D eigenvalue weighted by Gasteiger charge is 2.44. The molecule has 1 rings (SSSR count). The summed E-state index contributed by atoms with van der Waals surface area (Å²) in [6, 6.07) is 0. The first kappa shape index (κ1) is 10.0. The highest BCUT2D eigenvalue weighted by Crippen LogP contribution is 2.13. The van der Waals surface area contributed by atoms with E-state index in [9.17, 15) is 0 Å². The summed E-state index contributed by atoms with van der Waals surface area (Å²) in [5.41, 5.74) is 0. The average molecular weight is 186 g/mol. The number of hydrogen-bond donors (Lipinski definition) is 3. The van der Waals surface area contributed by atoms with Crippen molar-refractivity contribution in [1.29, 1.82) is 0 Å². The molecule has 1 aliphatic rings. The van der Waals surface area contributed by atoms with Gasteiger partial charge < -0.3 is 24.8 Å². The zero-order valence-electron chi connectivity index (χ0n) is 7.39. The minimum absolute atomic E-state index is 0.258. The number of nitrogens with one attached hydrogen (secondary N) is 1. The van der Waals surface area contributed by atoms with Crippen LogP contribution in [0, 0.1) is 0 Å². The first-order valence-electron chi connectivity index (χ1n) is 3.64. The minimum Gasteiger partial charge on any atom is -0.481 e. The second-order valence-corrected chi connectivity index (χ2v) is 2.41. The molecule has 0 saturated carbocycles. The molecule has 72 valence electrons. The molecule has 7 heteroatoms. The second-order valence-electron chi connectivity index (χ2n) is 2.41. The van der Waals surface area contributed by atoms with E-state index in [4.69, 9.17) is 19.5 Å². The second kappa shape index (κ2) is 3.78. The van der Waals surface area contributed by atoms with Crippen molar-refractivity contribution in [2.24, 2.45) is 4.99 Å². The fourth-order valence-corrected chi connectivity index (χ4v) is 0.922. The Morgan fingerprint density at radius 3 is 2.69 bits per heavy atom. The molecule has 0 bridgehead atoms. The Kier molecular flexibility index (Phi) is 2.92. The zero-order valence-corrected chi connectivity index (χ0v) is 7.39. The lowest BCUT2D eigenvalue weighted by Gasteiger charge is -2.29. The van der Waals surface area contributed by atoms with Crippen molar-refractivity contribution >= 4 is 13.0 Å². The summed E-state index contributed by atoms with van der Waals surface area (Å²) in [4.78, 5) is 3.82. The van der Waals surface area contributed by atoms with Gasteiger partial charge in [0.2, 0.25) is 5.90 Å². The number of aliphatic imine (C=N–C) groups is 1. The summed E-state index contributed by atoms with van der Waals surface area (Å²) < 4.78 is 9.66. The molecule has 0 aliphatic carbocycles. The molecule has 1 unspecified atom stereocenters. The van der Waals surface area contributed by atoms with Crippen LogP contribution in [-0.2, 0) is 9.47 Å². The molecular weight excluding hydrogens is 175 g/mol. The van der Waals surface area contributed by atoms with Gasteiger partial charge in [0.25, 0.3) is 5.75 Å². The van der Waals surface area contributed by atoms with Crippen molar-refractivity contribution in [1.82, 2.24) is 5.32 Å². The predicted octanol–water partition coefficient (Wildman–Crippen LogP) is -1.54. The van der Waals surface area contributed by atoms with Crippen LogP contribution in [0.4, 0.5) is 0 Å². The summed E-state index contributed by atoms with van der Waals surface area (Å²) in [6.45, 7) is 0. The van der Waals surface area contributed by atoms with Crippen molar-refractivity contribution in [2.75, 3.05) is 14.2 Å². The van der Waals surface area contributed by atoms with E-state index in [0.717, 1.165) is 0 Å². The molecule has 1 atom stereocenters. The van der Waals surface area contributed by atoms with Crippen LogP contribution < -0.4 is 5.32 Å². The first-order valence-corrected chi connectivity index (χ1v) is 3.64. The molecule has 1 aliphatic heterocycles. The van der Waals surface area contributed by atoms with E-state index in [1.165, 1.54) is 20.4 Å². The van der Waals surface area contributed by atoms with E-state index in [2.05, 4.69) is 10.3 Å². The van der Waals surface area contributed by atoms with Crippen LogP contribution in [0.3, 0.4) is 0 Å². The molecule has 6 nitrogen and oxygen atoms in total. The predicted molar refractivity (Wildman–Crippen MR) is 46.7 cm³/mol. The Morgan fingerprint density at radius 2 is 2.23 bits per heavy atom. The van der Waals surface area contributed by atoms with Crippen LogP contribution in [0.25, 0.3) is 0 Å². The summed E-state index contributed by atoms with van der Waals surface area (Å²) in [7, 11) is 0.966. The molecule has 0 aromatic rings. The lowest BCUT2D eigenvalue weighted by molar-refractivity contribution is 0.0169. The standard InChI is InChI=1S/C6H11BN2O4/c1-12-5-3-4-8-6(9-5,13-2)7(10)11/h3-4,8,10-11H,1-2H3. The third kappa shape index (κ3) is 1.82. The van der Waals surface area contributed by atoms with Crippen LogP contribution in [0.1, 0.15) is 0 Å². The largest absolute Gasteiger partial charge is 0.536 e. The number of rotatable bonds is 2. The van der Waals surface area contributed by atoms with Crippen molar-refractivity contribution < 1.29 is 19.5 Å². The zero-order chi connectivity index (χ0) is 9.90. The van der Waals surface area contributed by atoms with Crippen molar-refractivity contribution in [3.63, 3.8) is 0 Å². The van der Waals surface area contributed by atoms with E-state index in [1.54, 1.807) is 6.08 Å². The van der Waals surface area contributed by atoms with Crippen molar-refractivity contribution in [2.45, 2.75) is 5.75 Å². The third-order valence-electron chi connectivity index (χ3n) is 1.66. The van der Waals surface area contributed by atoms with E-state index in [1.807, 2.05) is 0 Å². The van der Waals surface area contributed by atoms with Crippen molar-refractivity contribution in [3.8, 4) is 0 Å². The lowest BCUT2D eigenvalue weighted by Crippen LogP contribution is -2.57. The van der Waals surface area contributed by atoms with Gasteiger partial charge in [-0.05, 0) is 0 Å². The quantitative estimate of drug-likeness (QED) is 0.455. The van der Waals surface area contributed by atoms with E-state index < -0.39 is 12.9 Å². The Balaban J connectivity index is 2.90. The molecule has 0 fully saturated rings. The van der Waals surface area contributed by atoms with E-state index in [0.29, 0.717) is 0 Å². The van der Waals surface area contributed by atoms with Crippen LogP contribution >= 0.6 is 0 Å². The molecule has 0 amide bonds. The fourth-order valence-electron chi connectivity index (χ4n) is 0.922. The molecule has 0 spiro atoms. The lowest BCUT2D eigenvalue weighted by atomic mass is 9.81. The maximum absolute atomic E-state index is 9.01. The molecule has 0 aromatic heterocycles. The summed E-state index contributed by atoms with van der Waals surface area (Å²) in [5, 5.41) is 20.6. The van der Waals surface area contributed by atoms with Crippen LogP contribution in [0.5, 0.6) is 0 Å². The van der Waals surface area contributed by atoms with E-state index in [-0.39, 0.29) is 5.90 Å². The maximum Gasteiger partial charge on any atom is 0.536 e. The molecule has 0 aromatic carbocycles. The fraction of sp³-hybridized carbons (Fsp3) is 0.500. The topological polar surface area (TPSA) is 83.3 Å². The molecule has 3 N–H and O–H groups in total. The molecule has 1 heterocycles. The Labute approximate surface area is 76.0 Å². The highest BCUT2D eigenvalue weighted by atomic mass is 16.5. The Bertz CT molecular complexity index is 243. The van der Waals surface area contributed by atoms with Crippen LogP contribution in [0.15, 0.2) is 17.3 Å². The van der Waals surface area contributed by atoms with Gasteiger partial charge in [-0.25, -0.2) is 0 Å². The molecule has 0 radical (unpaired) electrons. The number of nitrogens with zero attached hydrogens (tertiary/aromatic N) is 1. The smallest absolute Gasteiger partial charge is 0.481 e. The van der Waals surface area contributed by atoms with Crippen LogP contribution in [0.2, 0.25) is 0 Å². The average Bonchev–Trinajstić information content (AvgIpc) is 2.17. The molecule has 13 heavy (non-hydrogen) atoms. The molecular formula is C6H11BN2O4. The summed E-state index contributed by atoms with van der Waals surface area (Å²) in [6.07, 6.45) is 3.01. The first-order chi connectivity index (χ1) is 6.14. The highest BCUT2D eigenvalue weighted by molar-refractivity contribution is 6.45. The van der Waals surface area contributed by atoms with Gasteiger partial charge in [-0.1, -0.05) is 0 Å². The van der Waals surface area contributed by atoms with Gasteiger partial charge in [0.05, 0.1) is 7.11 Å². The van der Waals surface area contributed by atoms with Gasteiger partial charge >= 0.3 is 7.12 Å². The Hall–Kier alpha value is -1.05.